The predicted octanol–water partition coefficient (Wildman–Crippen LogP) is 4.05. The molecule has 2 heteroatoms. The Balaban J connectivity index is 2.20. The third-order valence-corrected chi connectivity index (χ3v) is 4.00. The minimum Gasteiger partial charge on any atom is -0.426 e. The SMILES string of the molecule is Cc1cc(C)c2c(c1)OC(=O)C[C@@H]2c1ccccc1C. The minimum absolute atomic E-state index is 0.105. The summed E-state index contributed by atoms with van der Waals surface area (Å²) in [6.45, 7) is 6.22. The van der Waals surface area contributed by atoms with Gasteiger partial charge in [-0.3, -0.25) is 4.79 Å². The molecule has 0 aliphatic carbocycles. The van der Waals surface area contributed by atoms with Gasteiger partial charge in [-0.1, -0.05) is 30.3 Å². The highest BCUT2D eigenvalue weighted by Crippen LogP contribution is 2.42. The van der Waals surface area contributed by atoms with Crippen LogP contribution < -0.4 is 4.74 Å². The topological polar surface area (TPSA) is 26.3 Å². The van der Waals surface area contributed by atoms with Crippen molar-refractivity contribution in [1.82, 2.24) is 0 Å². The Labute approximate surface area is 119 Å². The average Bonchev–Trinajstić information content (AvgIpc) is 2.37. The fourth-order valence-electron chi connectivity index (χ4n) is 3.15. The normalized spacial score (nSPS) is 17.6. The van der Waals surface area contributed by atoms with Gasteiger partial charge in [-0.2, -0.15) is 0 Å². The summed E-state index contributed by atoms with van der Waals surface area (Å²) in [6, 6.07) is 12.4. The lowest BCUT2D eigenvalue weighted by atomic mass is 9.82. The molecule has 0 amide bonds. The zero-order chi connectivity index (χ0) is 14.3. The van der Waals surface area contributed by atoms with Crippen LogP contribution in [0.15, 0.2) is 36.4 Å². The molecule has 0 unspecified atom stereocenters. The lowest BCUT2D eigenvalue weighted by Gasteiger charge is -2.28. The van der Waals surface area contributed by atoms with Crippen LogP contribution in [0.3, 0.4) is 0 Å². The predicted molar refractivity (Wildman–Crippen MR) is 79.2 cm³/mol. The van der Waals surface area contributed by atoms with Crippen molar-refractivity contribution in [1.29, 1.82) is 0 Å². The molecule has 0 spiro atoms. The van der Waals surface area contributed by atoms with Gasteiger partial charge in [0.25, 0.3) is 0 Å². The second kappa shape index (κ2) is 4.78. The third-order valence-electron chi connectivity index (χ3n) is 4.00. The number of carbonyl (C=O) groups is 1. The zero-order valence-electron chi connectivity index (χ0n) is 12.1. The number of rotatable bonds is 1. The van der Waals surface area contributed by atoms with E-state index in [0.717, 1.165) is 16.9 Å². The number of ether oxygens (including phenoxy) is 1. The first-order valence-electron chi connectivity index (χ1n) is 6.93. The van der Waals surface area contributed by atoms with Crippen LogP contribution in [0.4, 0.5) is 0 Å². The first-order chi connectivity index (χ1) is 9.56. The molecular weight excluding hydrogens is 248 g/mol. The minimum atomic E-state index is -0.143. The Hall–Kier alpha value is -2.09. The van der Waals surface area contributed by atoms with Crippen molar-refractivity contribution in [3.63, 3.8) is 0 Å². The van der Waals surface area contributed by atoms with Crippen LogP contribution in [0.1, 0.15) is 40.2 Å². The molecular formula is C18H18O2. The van der Waals surface area contributed by atoms with E-state index in [4.69, 9.17) is 4.74 Å². The summed E-state index contributed by atoms with van der Waals surface area (Å²) >= 11 is 0. The number of hydrogen-bond donors (Lipinski definition) is 0. The highest BCUT2D eigenvalue weighted by molar-refractivity contribution is 5.78. The summed E-state index contributed by atoms with van der Waals surface area (Å²) in [6.07, 6.45) is 0.418. The molecule has 0 radical (unpaired) electrons. The highest BCUT2D eigenvalue weighted by Gasteiger charge is 2.30. The number of benzene rings is 2. The maximum absolute atomic E-state index is 11.9. The van der Waals surface area contributed by atoms with Gasteiger partial charge < -0.3 is 4.74 Å². The Bertz CT molecular complexity index is 686. The number of aryl methyl sites for hydroxylation is 3. The van der Waals surface area contributed by atoms with Gasteiger partial charge in [0.05, 0.1) is 6.42 Å². The monoisotopic (exact) mass is 266 g/mol. The Kier molecular flexibility index (Phi) is 3.09. The van der Waals surface area contributed by atoms with Crippen LogP contribution in [0, 0.1) is 20.8 Å². The van der Waals surface area contributed by atoms with Crippen molar-refractivity contribution in [3.8, 4) is 5.75 Å². The van der Waals surface area contributed by atoms with Crippen molar-refractivity contribution in [2.75, 3.05) is 0 Å². The molecule has 102 valence electrons. The van der Waals surface area contributed by atoms with E-state index >= 15 is 0 Å². The summed E-state index contributed by atoms with van der Waals surface area (Å²) in [5.74, 6) is 0.691. The Morgan fingerprint density at radius 2 is 1.80 bits per heavy atom. The summed E-state index contributed by atoms with van der Waals surface area (Å²) in [5, 5.41) is 0. The third kappa shape index (κ3) is 2.11. The van der Waals surface area contributed by atoms with Crippen molar-refractivity contribution in [3.05, 3.63) is 64.2 Å². The van der Waals surface area contributed by atoms with Gasteiger partial charge in [0.15, 0.2) is 0 Å². The second-order valence-corrected chi connectivity index (χ2v) is 5.58. The molecule has 20 heavy (non-hydrogen) atoms. The van der Waals surface area contributed by atoms with Gasteiger partial charge in [-0.05, 0) is 49.1 Å². The van der Waals surface area contributed by atoms with Crippen LogP contribution in [0.5, 0.6) is 5.75 Å². The molecule has 2 aromatic carbocycles. The van der Waals surface area contributed by atoms with E-state index < -0.39 is 0 Å². The molecule has 1 aliphatic heterocycles. The van der Waals surface area contributed by atoms with Crippen LogP contribution in [0.25, 0.3) is 0 Å². The quantitative estimate of drug-likeness (QED) is 0.575. The molecule has 0 bridgehead atoms. The summed E-state index contributed by atoms with van der Waals surface area (Å²) < 4.78 is 5.45. The Morgan fingerprint density at radius 3 is 2.55 bits per heavy atom. The van der Waals surface area contributed by atoms with Gasteiger partial charge in [0, 0.05) is 11.5 Å². The average molecular weight is 266 g/mol. The van der Waals surface area contributed by atoms with E-state index in [9.17, 15) is 4.79 Å². The lowest BCUT2D eigenvalue weighted by molar-refractivity contribution is -0.135. The number of hydrogen-bond acceptors (Lipinski definition) is 2. The first-order valence-corrected chi connectivity index (χ1v) is 6.93. The van der Waals surface area contributed by atoms with Crippen LogP contribution in [-0.2, 0) is 4.79 Å². The summed E-state index contributed by atoms with van der Waals surface area (Å²) in [5.41, 5.74) is 5.92. The van der Waals surface area contributed by atoms with E-state index in [0.29, 0.717) is 6.42 Å². The maximum atomic E-state index is 11.9. The number of carbonyl (C=O) groups excluding carboxylic acids is 1. The zero-order valence-corrected chi connectivity index (χ0v) is 12.1. The molecule has 1 aliphatic rings. The molecule has 1 heterocycles. The van der Waals surface area contributed by atoms with E-state index in [-0.39, 0.29) is 11.9 Å². The maximum Gasteiger partial charge on any atom is 0.312 e. The van der Waals surface area contributed by atoms with Gasteiger partial charge >= 0.3 is 5.97 Å². The van der Waals surface area contributed by atoms with Gasteiger partial charge in [-0.15, -0.1) is 0 Å². The van der Waals surface area contributed by atoms with Gasteiger partial charge in [0.1, 0.15) is 5.75 Å². The molecule has 0 fully saturated rings. The van der Waals surface area contributed by atoms with Crippen LogP contribution in [-0.4, -0.2) is 5.97 Å². The largest absolute Gasteiger partial charge is 0.426 e. The fourth-order valence-corrected chi connectivity index (χ4v) is 3.15. The number of fused-ring (bicyclic) bond motifs is 1. The van der Waals surface area contributed by atoms with E-state index in [1.165, 1.54) is 16.7 Å². The van der Waals surface area contributed by atoms with Gasteiger partial charge in [0.2, 0.25) is 0 Å². The molecule has 1 atom stereocenters. The van der Waals surface area contributed by atoms with E-state index in [2.05, 4.69) is 32.0 Å². The highest BCUT2D eigenvalue weighted by atomic mass is 16.5. The molecule has 2 aromatic rings. The van der Waals surface area contributed by atoms with Crippen LogP contribution in [0.2, 0.25) is 0 Å². The van der Waals surface area contributed by atoms with Crippen molar-refractivity contribution in [2.45, 2.75) is 33.1 Å². The molecule has 2 nitrogen and oxygen atoms in total. The second-order valence-electron chi connectivity index (χ2n) is 5.58. The summed E-state index contributed by atoms with van der Waals surface area (Å²) in [4.78, 5) is 11.9. The first kappa shape index (κ1) is 12.9. The van der Waals surface area contributed by atoms with E-state index in [1.807, 2.05) is 25.1 Å². The Morgan fingerprint density at radius 1 is 1.05 bits per heavy atom. The molecule has 0 saturated carbocycles. The standard InChI is InChI=1S/C18H18O2/c1-11-8-13(3)18-15(10-17(19)20-16(18)9-11)14-7-5-4-6-12(14)2/h4-9,15H,10H2,1-3H3/t15-/m1/s1. The van der Waals surface area contributed by atoms with Gasteiger partial charge in [-0.25, -0.2) is 0 Å². The lowest BCUT2D eigenvalue weighted by Crippen LogP contribution is -2.22. The van der Waals surface area contributed by atoms with Crippen LogP contribution >= 0.6 is 0 Å². The molecule has 0 N–H and O–H groups in total. The smallest absolute Gasteiger partial charge is 0.312 e. The van der Waals surface area contributed by atoms with Crippen molar-refractivity contribution in [2.24, 2.45) is 0 Å². The molecule has 0 aromatic heterocycles. The number of esters is 1. The van der Waals surface area contributed by atoms with Crippen molar-refractivity contribution >= 4 is 5.97 Å². The van der Waals surface area contributed by atoms with Crippen molar-refractivity contribution < 1.29 is 9.53 Å². The molecule has 0 saturated heterocycles. The van der Waals surface area contributed by atoms with E-state index in [1.54, 1.807) is 0 Å². The summed E-state index contributed by atoms with van der Waals surface area (Å²) in [7, 11) is 0. The molecule has 3 rings (SSSR count). The fraction of sp³-hybridized carbons (Fsp3) is 0.278.